The smallest absolute Gasteiger partial charge is 0.0677 e. The number of nitrogens with zero attached hydrogens (tertiary/aromatic N) is 1. The summed E-state index contributed by atoms with van der Waals surface area (Å²) in [5.41, 5.74) is 1.16. The molecular formula is C13H15IN2. The van der Waals surface area contributed by atoms with Gasteiger partial charge in [-0.25, -0.2) is 0 Å². The molecule has 0 bridgehead atoms. The largest absolute Gasteiger partial charge is 0.380 e. The molecule has 1 aromatic rings. The van der Waals surface area contributed by atoms with Crippen molar-refractivity contribution in [3.8, 4) is 6.07 Å². The molecule has 16 heavy (non-hydrogen) atoms. The van der Waals surface area contributed by atoms with Gasteiger partial charge in [0.25, 0.3) is 0 Å². The highest BCUT2D eigenvalue weighted by atomic mass is 127. The normalized spacial score (nSPS) is 24.8. The van der Waals surface area contributed by atoms with Crippen molar-refractivity contribution in [2.24, 2.45) is 5.92 Å². The molecule has 84 valence electrons. The maximum Gasteiger partial charge on any atom is 0.0677 e. The van der Waals surface area contributed by atoms with E-state index in [-0.39, 0.29) is 5.92 Å². The SMILES string of the molecule is N#CC1CCCCC1Nc1ccccc1I. The first-order valence-corrected chi connectivity index (χ1v) is 6.80. The van der Waals surface area contributed by atoms with Crippen LogP contribution in [0.15, 0.2) is 24.3 Å². The van der Waals surface area contributed by atoms with Crippen LogP contribution in [0.25, 0.3) is 0 Å². The van der Waals surface area contributed by atoms with E-state index in [1.54, 1.807) is 0 Å². The van der Waals surface area contributed by atoms with Crippen molar-refractivity contribution in [1.82, 2.24) is 0 Å². The van der Waals surface area contributed by atoms with Crippen LogP contribution in [0, 0.1) is 20.8 Å². The Morgan fingerprint density at radius 1 is 1.25 bits per heavy atom. The minimum absolute atomic E-state index is 0.171. The van der Waals surface area contributed by atoms with Crippen LogP contribution in [0.3, 0.4) is 0 Å². The van der Waals surface area contributed by atoms with Crippen LogP contribution >= 0.6 is 22.6 Å². The van der Waals surface area contributed by atoms with Crippen molar-refractivity contribution in [3.63, 3.8) is 0 Å². The summed E-state index contributed by atoms with van der Waals surface area (Å²) in [5.74, 6) is 0.171. The van der Waals surface area contributed by atoms with Gasteiger partial charge in [0.1, 0.15) is 0 Å². The van der Waals surface area contributed by atoms with Gasteiger partial charge in [-0.1, -0.05) is 25.0 Å². The quantitative estimate of drug-likeness (QED) is 0.840. The fourth-order valence-corrected chi connectivity index (χ4v) is 2.78. The first-order valence-electron chi connectivity index (χ1n) is 5.72. The van der Waals surface area contributed by atoms with E-state index in [4.69, 9.17) is 5.26 Å². The molecule has 3 heteroatoms. The van der Waals surface area contributed by atoms with Gasteiger partial charge in [0.2, 0.25) is 0 Å². The van der Waals surface area contributed by atoms with Gasteiger partial charge < -0.3 is 5.32 Å². The monoisotopic (exact) mass is 326 g/mol. The molecule has 0 aromatic heterocycles. The Kier molecular flexibility index (Phi) is 4.05. The van der Waals surface area contributed by atoms with E-state index < -0.39 is 0 Å². The summed E-state index contributed by atoms with van der Waals surface area (Å²) in [6.07, 6.45) is 4.59. The van der Waals surface area contributed by atoms with Gasteiger partial charge in [0.15, 0.2) is 0 Å². The predicted molar refractivity (Wildman–Crippen MR) is 74.1 cm³/mol. The van der Waals surface area contributed by atoms with Crippen LogP contribution in [-0.2, 0) is 0 Å². The summed E-state index contributed by atoms with van der Waals surface area (Å²) >= 11 is 2.33. The van der Waals surface area contributed by atoms with Crippen molar-refractivity contribution in [2.75, 3.05) is 5.32 Å². The molecule has 1 saturated carbocycles. The minimum atomic E-state index is 0.171. The maximum absolute atomic E-state index is 9.12. The van der Waals surface area contributed by atoms with Crippen molar-refractivity contribution < 1.29 is 0 Å². The van der Waals surface area contributed by atoms with E-state index >= 15 is 0 Å². The Hall–Kier alpha value is -0.760. The minimum Gasteiger partial charge on any atom is -0.380 e. The molecule has 0 saturated heterocycles. The molecule has 0 heterocycles. The van der Waals surface area contributed by atoms with Gasteiger partial charge >= 0.3 is 0 Å². The van der Waals surface area contributed by atoms with E-state index in [1.165, 1.54) is 16.4 Å². The molecule has 0 spiro atoms. The van der Waals surface area contributed by atoms with Crippen molar-refractivity contribution >= 4 is 28.3 Å². The number of hydrogen-bond donors (Lipinski definition) is 1. The lowest BCUT2D eigenvalue weighted by atomic mass is 9.85. The fraction of sp³-hybridized carbons (Fsp3) is 0.462. The second kappa shape index (κ2) is 5.53. The van der Waals surface area contributed by atoms with Crippen LogP contribution in [0.4, 0.5) is 5.69 Å². The topological polar surface area (TPSA) is 35.8 Å². The van der Waals surface area contributed by atoms with Gasteiger partial charge in [0, 0.05) is 15.3 Å². The molecule has 0 radical (unpaired) electrons. The molecule has 2 unspecified atom stereocenters. The number of nitriles is 1. The summed E-state index contributed by atoms with van der Waals surface area (Å²) in [7, 11) is 0. The lowest BCUT2D eigenvalue weighted by Gasteiger charge is -2.28. The van der Waals surface area contributed by atoms with Crippen molar-refractivity contribution in [3.05, 3.63) is 27.8 Å². The Morgan fingerprint density at radius 2 is 2.00 bits per heavy atom. The molecule has 2 atom stereocenters. The van der Waals surface area contributed by atoms with Crippen LogP contribution in [-0.4, -0.2) is 6.04 Å². The second-order valence-corrected chi connectivity index (χ2v) is 5.41. The number of hydrogen-bond acceptors (Lipinski definition) is 2. The maximum atomic E-state index is 9.12. The Labute approximate surface area is 110 Å². The third-order valence-electron chi connectivity index (χ3n) is 3.15. The Balaban J connectivity index is 2.09. The predicted octanol–water partition coefficient (Wildman–Crippen LogP) is 3.79. The molecule has 2 rings (SSSR count). The zero-order valence-electron chi connectivity index (χ0n) is 9.12. The average molecular weight is 326 g/mol. The number of anilines is 1. The lowest BCUT2D eigenvalue weighted by Crippen LogP contribution is -2.31. The fourth-order valence-electron chi connectivity index (χ4n) is 2.24. The number of benzene rings is 1. The number of rotatable bonds is 2. The van der Waals surface area contributed by atoms with E-state index in [0.717, 1.165) is 18.5 Å². The van der Waals surface area contributed by atoms with Gasteiger partial charge in [-0.3, -0.25) is 0 Å². The van der Waals surface area contributed by atoms with Gasteiger partial charge in [-0.15, -0.1) is 0 Å². The second-order valence-electron chi connectivity index (χ2n) is 4.25. The highest BCUT2D eigenvalue weighted by Gasteiger charge is 2.24. The third-order valence-corrected chi connectivity index (χ3v) is 4.09. The molecule has 1 N–H and O–H groups in total. The first kappa shape index (κ1) is 11.7. The molecular weight excluding hydrogens is 311 g/mol. The van der Waals surface area contributed by atoms with E-state index in [0.29, 0.717) is 6.04 Å². The number of halogens is 1. The molecule has 1 fully saturated rings. The lowest BCUT2D eigenvalue weighted by molar-refractivity contribution is 0.388. The Morgan fingerprint density at radius 3 is 2.75 bits per heavy atom. The van der Waals surface area contributed by atoms with E-state index in [2.05, 4.69) is 46.1 Å². The number of nitrogens with one attached hydrogen (secondary N) is 1. The molecule has 1 aliphatic rings. The number of para-hydroxylation sites is 1. The van der Waals surface area contributed by atoms with Gasteiger partial charge in [-0.2, -0.15) is 5.26 Å². The van der Waals surface area contributed by atoms with E-state index in [1.807, 2.05) is 12.1 Å². The van der Waals surface area contributed by atoms with Gasteiger partial charge in [-0.05, 0) is 47.6 Å². The molecule has 1 aliphatic carbocycles. The highest BCUT2D eigenvalue weighted by Crippen LogP contribution is 2.28. The van der Waals surface area contributed by atoms with Crippen LogP contribution < -0.4 is 5.32 Å². The summed E-state index contributed by atoms with van der Waals surface area (Å²) < 4.78 is 1.22. The highest BCUT2D eigenvalue weighted by molar-refractivity contribution is 14.1. The molecule has 1 aromatic carbocycles. The van der Waals surface area contributed by atoms with Crippen LogP contribution in [0.5, 0.6) is 0 Å². The Bertz CT molecular complexity index is 397. The molecule has 0 aliphatic heterocycles. The molecule has 0 amide bonds. The van der Waals surface area contributed by atoms with Crippen LogP contribution in [0.2, 0.25) is 0 Å². The summed E-state index contributed by atoms with van der Waals surface area (Å²) in [6.45, 7) is 0. The van der Waals surface area contributed by atoms with Crippen molar-refractivity contribution in [2.45, 2.75) is 31.7 Å². The standard InChI is InChI=1S/C13H15IN2/c14-11-6-2-4-8-13(11)16-12-7-3-1-5-10(12)9-15/h2,4,6,8,10,12,16H,1,3,5,7H2. The van der Waals surface area contributed by atoms with Gasteiger partial charge in [0.05, 0.1) is 12.0 Å². The van der Waals surface area contributed by atoms with E-state index in [9.17, 15) is 0 Å². The summed E-state index contributed by atoms with van der Waals surface area (Å²) in [6, 6.07) is 11.0. The third kappa shape index (κ3) is 2.67. The first-order chi connectivity index (χ1) is 7.81. The van der Waals surface area contributed by atoms with Crippen molar-refractivity contribution in [1.29, 1.82) is 5.26 Å². The zero-order chi connectivity index (χ0) is 11.4. The zero-order valence-corrected chi connectivity index (χ0v) is 11.3. The average Bonchev–Trinajstić information content (AvgIpc) is 2.33. The molecule has 2 nitrogen and oxygen atoms in total. The summed E-state index contributed by atoms with van der Waals surface area (Å²) in [5, 5.41) is 12.6. The summed E-state index contributed by atoms with van der Waals surface area (Å²) in [4.78, 5) is 0. The van der Waals surface area contributed by atoms with Crippen LogP contribution in [0.1, 0.15) is 25.7 Å².